The molecule has 0 bridgehead atoms. The van der Waals surface area contributed by atoms with E-state index in [4.69, 9.17) is 0 Å². The molecule has 0 fully saturated rings. The van der Waals surface area contributed by atoms with Gasteiger partial charge in [0.15, 0.2) is 5.65 Å². The van der Waals surface area contributed by atoms with Crippen molar-refractivity contribution in [2.24, 2.45) is 0 Å². The van der Waals surface area contributed by atoms with Gasteiger partial charge in [-0.3, -0.25) is 9.31 Å². The smallest absolute Gasteiger partial charge is 0.162 e. The number of nitrogens with one attached hydrogen (secondary N) is 2. The first kappa shape index (κ1) is 12.2. The Morgan fingerprint density at radius 2 is 2.14 bits per heavy atom. The summed E-state index contributed by atoms with van der Waals surface area (Å²) < 4.78 is 22.1. The maximum atomic E-state index is 11.1. The van der Waals surface area contributed by atoms with Crippen molar-refractivity contribution < 1.29 is 8.76 Å². The average Bonchev–Trinajstić information content (AvgIpc) is 3.12. The third kappa shape index (κ3) is 1.94. The van der Waals surface area contributed by atoms with E-state index in [1.165, 1.54) is 0 Å². The van der Waals surface area contributed by atoms with Crippen LogP contribution in [0.4, 0.5) is 0 Å². The lowest BCUT2D eigenvalue weighted by atomic mass is 10.1. The van der Waals surface area contributed by atoms with E-state index in [0.29, 0.717) is 11.3 Å². The highest BCUT2D eigenvalue weighted by Crippen LogP contribution is 2.28. The van der Waals surface area contributed by atoms with Gasteiger partial charge in [-0.1, -0.05) is 12.1 Å². The third-order valence-corrected chi connectivity index (χ3v) is 4.02. The van der Waals surface area contributed by atoms with Crippen LogP contribution < -0.4 is 0 Å². The van der Waals surface area contributed by atoms with E-state index in [9.17, 15) is 8.76 Å². The fourth-order valence-electron chi connectivity index (χ4n) is 2.38. The van der Waals surface area contributed by atoms with Gasteiger partial charge in [-0.25, -0.2) is 9.97 Å². The summed E-state index contributed by atoms with van der Waals surface area (Å²) in [5.41, 5.74) is 3.01. The number of fused-ring (bicyclic) bond motifs is 3. The number of nitrogens with zero attached hydrogens (tertiary/aromatic N) is 2. The zero-order valence-electron chi connectivity index (χ0n) is 10.7. The molecule has 6 nitrogen and oxygen atoms in total. The molecule has 0 amide bonds. The molecule has 3 aromatic heterocycles. The largest absolute Gasteiger partial charge is 0.768 e. The average molecular weight is 297 g/mol. The molecule has 7 heteroatoms. The minimum Gasteiger partial charge on any atom is -0.768 e. The van der Waals surface area contributed by atoms with Gasteiger partial charge in [0.05, 0.1) is 11.2 Å². The van der Waals surface area contributed by atoms with Crippen LogP contribution in [0.15, 0.2) is 47.6 Å². The van der Waals surface area contributed by atoms with E-state index in [2.05, 4.69) is 20.2 Å². The fraction of sp³-hybridized carbons (Fsp3) is 0. The Morgan fingerprint density at radius 3 is 3.00 bits per heavy atom. The summed E-state index contributed by atoms with van der Waals surface area (Å²) >= 11 is -2.25. The van der Waals surface area contributed by atoms with Crippen LogP contribution in [0, 0.1) is 0 Å². The van der Waals surface area contributed by atoms with E-state index < -0.39 is 11.1 Å². The van der Waals surface area contributed by atoms with Gasteiger partial charge in [-0.05, 0) is 29.3 Å². The normalized spacial score (nSPS) is 13.0. The van der Waals surface area contributed by atoms with Crippen molar-refractivity contribution in [2.45, 2.75) is 4.90 Å². The number of benzene rings is 1. The highest BCUT2D eigenvalue weighted by atomic mass is 32.2. The Hall–Kier alpha value is -2.51. The van der Waals surface area contributed by atoms with E-state index in [1.807, 2.05) is 18.3 Å². The molecule has 0 saturated heterocycles. The van der Waals surface area contributed by atoms with E-state index in [1.54, 1.807) is 24.4 Å². The van der Waals surface area contributed by atoms with E-state index in [0.717, 1.165) is 21.9 Å². The highest BCUT2D eigenvalue weighted by molar-refractivity contribution is 7.79. The zero-order valence-corrected chi connectivity index (χ0v) is 11.5. The van der Waals surface area contributed by atoms with Gasteiger partial charge in [0.25, 0.3) is 0 Å². The molecule has 1 atom stereocenters. The first-order chi connectivity index (χ1) is 10.2. The van der Waals surface area contributed by atoms with Gasteiger partial charge < -0.3 is 9.65 Å². The standard InChI is InChI=1S/C14H10N4O2S/c19-21(20)10-3-1-2-8(4-10)12-5-11-13-9(7-16-18-13)6-15-14(11)17-12/h1-7,16,18H,(H,19,20)/p-1. The summed E-state index contributed by atoms with van der Waals surface area (Å²) in [7, 11) is 0. The molecule has 104 valence electrons. The summed E-state index contributed by atoms with van der Waals surface area (Å²) in [6.07, 6.45) is 3.57. The lowest BCUT2D eigenvalue weighted by Gasteiger charge is -2.05. The van der Waals surface area contributed by atoms with Crippen molar-refractivity contribution in [3.05, 3.63) is 42.7 Å². The van der Waals surface area contributed by atoms with Crippen LogP contribution in [0.5, 0.6) is 0 Å². The molecular formula is C14H9N4O2S-. The molecule has 0 aliphatic heterocycles. The van der Waals surface area contributed by atoms with Crippen LogP contribution in [-0.4, -0.2) is 28.9 Å². The Bertz CT molecular complexity index is 989. The second-order valence-electron chi connectivity index (χ2n) is 4.64. The van der Waals surface area contributed by atoms with Crippen molar-refractivity contribution >= 4 is 33.0 Å². The predicted octanol–water partition coefficient (Wildman–Crippen LogP) is 2.34. The maximum Gasteiger partial charge on any atom is 0.162 e. The summed E-state index contributed by atoms with van der Waals surface area (Å²) in [6.45, 7) is 0. The number of aromatic nitrogens is 4. The number of rotatable bonds is 2. The number of aromatic amines is 2. The quantitative estimate of drug-likeness (QED) is 0.555. The first-order valence-electron chi connectivity index (χ1n) is 6.23. The minimum atomic E-state index is -2.25. The zero-order chi connectivity index (χ0) is 14.4. The second kappa shape index (κ2) is 4.51. The van der Waals surface area contributed by atoms with Gasteiger partial charge in [-0.2, -0.15) is 0 Å². The fourth-order valence-corrected chi connectivity index (χ4v) is 2.80. The van der Waals surface area contributed by atoms with Crippen molar-refractivity contribution in [2.75, 3.05) is 0 Å². The molecule has 0 aliphatic rings. The number of hydrogen-bond acceptors (Lipinski definition) is 4. The topological polar surface area (TPSA) is 97.5 Å². The Balaban J connectivity index is 1.94. The van der Waals surface area contributed by atoms with E-state index >= 15 is 0 Å². The Labute approximate surface area is 121 Å². The lowest BCUT2D eigenvalue weighted by Crippen LogP contribution is -1.89. The molecule has 0 spiro atoms. The van der Waals surface area contributed by atoms with Gasteiger partial charge in [0.2, 0.25) is 0 Å². The van der Waals surface area contributed by atoms with Crippen molar-refractivity contribution in [1.82, 2.24) is 20.2 Å². The molecule has 2 N–H and O–H groups in total. The van der Waals surface area contributed by atoms with Crippen molar-refractivity contribution in [1.29, 1.82) is 0 Å². The van der Waals surface area contributed by atoms with Gasteiger partial charge in [0, 0.05) is 33.6 Å². The number of H-pyrrole nitrogens is 2. The van der Waals surface area contributed by atoms with Crippen LogP contribution in [0.3, 0.4) is 0 Å². The number of hydrogen-bond donors (Lipinski definition) is 2. The van der Waals surface area contributed by atoms with Crippen LogP contribution in [0.1, 0.15) is 0 Å². The maximum absolute atomic E-state index is 11.1. The third-order valence-electron chi connectivity index (χ3n) is 3.38. The molecule has 1 unspecified atom stereocenters. The SMILES string of the molecule is O=S([O-])c1cccc(-c2cc3c(ncc4c[nH][nH]c43)n2)c1. The Morgan fingerprint density at radius 1 is 1.24 bits per heavy atom. The highest BCUT2D eigenvalue weighted by Gasteiger charge is 2.10. The molecule has 0 saturated carbocycles. The van der Waals surface area contributed by atoms with E-state index in [-0.39, 0.29) is 4.90 Å². The molecule has 0 aliphatic carbocycles. The monoisotopic (exact) mass is 297 g/mol. The molecule has 4 aromatic rings. The van der Waals surface area contributed by atoms with Crippen molar-refractivity contribution in [3.8, 4) is 11.3 Å². The second-order valence-corrected chi connectivity index (χ2v) is 5.58. The van der Waals surface area contributed by atoms with Crippen LogP contribution >= 0.6 is 0 Å². The summed E-state index contributed by atoms with van der Waals surface area (Å²) in [6, 6.07) is 8.58. The minimum absolute atomic E-state index is 0.242. The van der Waals surface area contributed by atoms with Crippen LogP contribution in [0.25, 0.3) is 33.2 Å². The Kier molecular flexibility index (Phi) is 2.63. The number of pyridine rings is 1. The first-order valence-corrected chi connectivity index (χ1v) is 7.31. The molecular weight excluding hydrogens is 288 g/mol. The van der Waals surface area contributed by atoms with Gasteiger partial charge >= 0.3 is 0 Å². The molecule has 4 rings (SSSR count). The predicted molar refractivity (Wildman–Crippen MR) is 78.4 cm³/mol. The molecule has 0 radical (unpaired) electrons. The summed E-state index contributed by atoms with van der Waals surface area (Å²) in [4.78, 5) is 9.02. The lowest BCUT2D eigenvalue weighted by molar-refractivity contribution is 0.537. The van der Waals surface area contributed by atoms with Crippen LogP contribution in [0.2, 0.25) is 0 Å². The summed E-state index contributed by atoms with van der Waals surface area (Å²) in [5, 5.41) is 7.85. The van der Waals surface area contributed by atoms with Gasteiger partial charge in [-0.15, -0.1) is 0 Å². The van der Waals surface area contributed by atoms with Crippen LogP contribution in [-0.2, 0) is 11.1 Å². The van der Waals surface area contributed by atoms with Crippen molar-refractivity contribution in [3.63, 3.8) is 0 Å². The summed E-state index contributed by atoms with van der Waals surface area (Å²) in [5.74, 6) is 0. The molecule has 21 heavy (non-hydrogen) atoms. The molecule has 1 aromatic carbocycles. The molecule has 3 heterocycles. The van der Waals surface area contributed by atoms with Gasteiger partial charge in [0.1, 0.15) is 0 Å².